The number of hydrogen-bond acceptors (Lipinski definition) is 7. The van der Waals surface area contributed by atoms with Crippen LogP contribution >= 0.6 is 0 Å². The van der Waals surface area contributed by atoms with Crippen molar-refractivity contribution in [1.29, 1.82) is 0 Å². The highest BCUT2D eigenvalue weighted by Gasteiger charge is 2.36. The molecule has 8 nitrogen and oxygen atoms in total. The Kier molecular flexibility index (Phi) is 6.63. The molecular weight excluding hydrogens is 422 g/mol. The van der Waals surface area contributed by atoms with Crippen LogP contribution in [0.25, 0.3) is 0 Å². The second-order valence-corrected chi connectivity index (χ2v) is 7.91. The zero-order valence-electron chi connectivity index (χ0n) is 18.7. The smallest absolute Gasteiger partial charge is 0.338 e. The Balaban J connectivity index is 1.36. The van der Waals surface area contributed by atoms with E-state index in [1.54, 1.807) is 38.3 Å². The highest BCUT2D eigenvalue weighted by molar-refractivity contribution is 6.30. The van der Waals surface area contributed by atoms with E-state index in [0.29, 0.717) is 30.0 Å². The van der Waals surface area contributed by atoms with Gasteiger partial charge in [-0.2, -0.15) is 0 Å². The number of carbonyl (C=O) groups excluding carboxylic acids is 3. The highest BCUT2D eigenvalue weighted by atomic mass is 16.5. The number of anilines is 2. The average Bonchev–Trinajstić information content (AvgIpc) is 3.14. The van der Waals surface area contributed by atoms with Crippen molar-refractivity contribution >= 4 is 29.2 Å². The lowest BCUT2D eigenvalue weighted by Crippen LogP contribution is -2.41. The molecule has 0 atom stereocenters. The van der Waals surface area contributed by atoms with Gasteiger partial charge in [0.15, 0.2) is 0 Å². The lowest BCUT2D eigenvalue weighted by molar-refractivity contribution is -0.121. The molecule has 33 heavy (non-hydrogen) atoms. The molecule has 0 bridgehead atoms. The van der Waals surface area contributed by atoms with Crippen LogP contribution in [-0.4, -0.2) is 55.5 Å². The topological polar surface area (TPSA) is 88.2 Å². The Morgan fingerprint density at radius 1 is 1.03 bits per heavy atom. The van der Waals surface area contributed by atoms with Crippen LogP contribution in [0.15, 0.2) is 60.3 Å². The summed E-state index contributed by atoms with van der Waals surface area (Å²) >= 11 is 0. The van der Waals surface area contributed by atoms with Crippen molar-refractivity contribution in [3.63, 3.8) is 0 Å². The minimum absolute atomic E-state index is 0.281. The third-order valence-electron chi connectivity index (χ3n) is 5.84. The minimum Gasteiger partial charge on any atom is -0.497 e. The number of likely N-dealkylation sites (tertiary alicyclic amines) is 1. The largest absolute Gasteiger partial charge is 0.497 e. The van der Waals surface area contributed by atoms with Crippen molar-refractivity contribution < 1.29 is 23.9 Å². The number of imide groups is 1. The van der Waals surface area contributed by atoms with E-state index in [0.717, 1.165) is 29.2 Å². The zero-order valence-corrected chi connectivity index (χ0v) is 18.7. The van der Waals surface area contributed by atoms with Crippen LogP contribution in [0.1, 0.15) is 30.1 Å². The molecule has 2 heterocycles. The molecular formula is C25H27N3O5. The fourth-order valence-corrected chi connectivity index (χ4v) is 4.08. The number of nitrogens with zero attached hydrogens (tertiary/aromatic N) is 2. The number of hydrogen-bond donors (Lipinski definition) is 1. The van der Waals surface area contributed by atoms with Crippen molar-refractivity contribution in [2.45, 2.75) is 25.8 Å². The first-order chi connectivity index (χ1) is 16.0. The summed E-state index contributed by atoms with van der Waals surface area (Å²) in [5.41, 5.74) is 2.25. The highest BCUT2D eigenvalue weighted by Crippen LogP contribution is 2.28. The van der Waals surface area contributed by atoms with E-state index in [-0.39, 0.29) is 24.5 Å². The maximum Gasteiger partial charge on any atom is 0.338 e. The van der Waals surface area contributed by atoms with Crippen LogP contribution in [0, 0.1) is 0 Å². The Hall–Kier alpha value is -3.81. The molecule has 0 spiro atoms. The first kappa shape index (κ1) is 22.4. The summed E-state index contributed by atoms with van der Waals surface area (Å²) in [7, 11) is 1.64. The second kappa shape index (κ2) is 9.77. The molecule has 2 aliphatic heterocycles. The Labute approximate surface area is 192 Å². The molecule has 2 amide bonds. The van der Waals surface area contributed by atoms with Gasteiger partial charge in [0.2, 0.25) is 0 Å². The van der Waals surface area contributed by atoms with E-state index in [1.807, 2.05) is 29.2 Å². The number of rotatable bonds is 7. The normalized spacial score (nSPS) is 16.6. The predicted molar refractivity (Wildman–Crippen MR) is 124 cm³/mol. The Morgan fingerprint density at radius 2 is 1.70 bits per heavy atom. The van der Waals surface area contributed by atoms with Crippen LogP contribution in [0.3, 0.4) is 0 Å². The van der Waals surface area contributed by atoms with E-state index < -0.39 is 5.97 Å². The third-order valence-corrected chi connectivity index (χ3v) is 5.84. The number of methoxy groups -OCH3 is 1. The van der Waals surface area contributed by atoms with Crippen LogP contribution < -0.4 is 15.0 Å². The fourth-order valence-electron chi connectivity index (χ4n) is 4.08. The first-order valence-electron chi connectivity index (χ1n) is 11.0. The summed E-state index contributed by atoms with van der Waals surface area (Å²) in [6.45, 7) is 3.37. The lowest BCUT2D eigenvalue weighted by atomic mass is 10.0. The van der Waals surface area contributed by atoms with Gasteiger partial charge in [-0.3, -0.25) is 9.59 Å². The number of amides is 2. The molecule has 2 aromatic rings. The first-order valence-corrected chi connectivity index (χ1v) is 11.0. The van der Waals surface area contributed by atoms with E-state index in [9.17, 15) is 14.4 Å². The van der Waals surface area contributed by atoms with Gasteiger partial charge in [0.25, 0.3) is 11.8 Å². The van der Waals surface area contributed by atoms with E-state index in [1.165, 1.54) is 6.08 Å². The molecule has 1 fully saturated rings. The van der Waals surface area contributed by atoms with Crippen LogP contribution in [0.4, 0.5) is 11.4 Å². The van der Waals surface area contributed by atoms with Crippen LogP contribution in [0.2, 0.25) is 0 Å². The molecule has 0 radical (unpaired) electrons. The maximum absolute atomic E-state index is 13.0. The molecule has 0 aromatic heterocycles. The minimum atomic E-state index is -0.437. The van der Waals surface area contributed by atoms with Crippen molar-refractivity contribution in [1.82, 2.24) is 4.90 Å². The van der Waals surface area contributed by atoms with E-state index in [4.69, 9.17) is 9.47 Å². The van der Waals surface area contributed by atoms with Crippen LogP contribution in [0.5, 0.6) is 5.75 Å². The number of piperidine rings is 1. The molecule has 2 aliphatic rings. The van der Waals surface area contributed by atoms with Gasteiger partial charge in [0.1, 0.15) is 11.4 Å². The summed E-state index contributed by atoms with van der Waals surface area (Å²) in [6.07, 6.45) is 3.09. The standard InChI is InChI=1S/C25H27N3O5/c1-3-33-25(31)17-4-8-20(9-5-17)28-23(29)16-22(24(28)30)27-14-12-19(13-15-27)26-18-6-10-21(32-2)11-7-18/h4-11,16,19,26H,3,12-15H2,1-2H3. The van der Waals surface area contributed by atoms with Crippen molar-refractivity contribution in [3.05, 3.63) is 65.9 Å². The monoisotopic (exact) mass is 449 g/mol. The number of nitrogens with one attached hydrogen (secondary N) is 1. The molecule has 0 aliphatic carbocycles. The van der Waals surface area contributed by atoms with Crippen molar-refractivity contribution in [2.24, 2.45) is 0 Å². The summed E-state index contributed by atoms with van der Waals surface area (Å²) in [5.74, 6) is -0.345. The molecule has 1 saturated heterocycles. The van der Waals surface area contributed by atoms with E-state index in [2.05, 4.69) is 5.32 Å². The SMILES string of the molecule is CCOC(=O)c1ccc(N2C(=O)C=C(N3CCC(Nc4ccc(OC)cc4)CC3)C2=O)cc1. The third kappa shape index (κ3) is 4.84. The fraction of sp³-hybridized carbons (Fsp3) is 0.320. The predicted octanol–water partition coefficient (Wildman–Crippen LogP) is 3.21. The molecule has 1 N–H and O–H groups in total. The Bertz CT molecular complexity index is 1050. The number of benzene rings is 2. The van der Waals surface area contributed by atoms with Crippen molar-refractivity contribution in [3.8, 4) is 5.75 Å². The van der Waals surface area contributed by atoms with Gasteiger partial charge in [-0.05, 0) is 68.3 Å². The number of esters is 1. The van der Waals surface area contributed by atoms with Crippen molar-refractivity contribution in [2.75, 3.05) is 37.0 Å². The van der Waals surface area contributed by atoms with Crippen LogP contribution in [-0.2, 0) is 14.3 Å². The second-order valence-electron chi connectivity index (χ2n) is 7.91. The molecule has 2 aromatic carbocycles. The lowest BCUT2D eigenvalue weighted by Gasteiger charge is -2.34. The van der Waals surface area contributed by atoms with Gasteiger partial charge >= 0.3 is 5.97 Å². The van der Waals surface area contributed by atoms with Gasteiger partial charge < -0.3 is 19.7 Å². The molecule has 4 rings (SSSR count). The summed E-state index contributed by atoms with van der Waals surface area (Å²) in [5, 5.41) is 3.52. The zero-order chi connectivity index (χ0) is 23.4. The van der Waals surface area contributed by atoms with Gasteiger partial charge in [-0.25, -0.2) is 9.69 Å². The molecule has 0 saturated carbocycles. The Morgan fingerprint density at radius 3 is 2.30 bits per heavy atom. The van der Waals surface area contributed by atoms with Gasteiger partial charge in [0.05, 0.1) is 25.0 Å². The van der Waals surface area contributed by atoms with E-state index >= 15 is 0 Å². The molecule has 172 valence electrons. The average molecular weight is 450 g/mol. The summed E-state index contributed by atoms with van der Waals surface area (Å²) in [4.78, 5) is 40.6. The molecule has 0 unspecified atom stereocenters. The maximum atomic E-state index is 13.0. The summed E-state index contributed by atoms with van der Waals surface area (Å²) < 4.78 is 10.2. The number of ether oxygens (including phenoxy) is 2. The summed E-state index contributed by atoms with van der Waals surface area (Å²) in [6, 6.07) is 14.4. The van der Waals surface area contributed by atoms with Gasteiger partial charge in [0, 0.05) is 30.9 Å². The number of carbonyl (C=O) groups is 3. The van der Waals surface area contributed by atoms with Gasteiger partial charge in [-0.1, -0.05) is 0 Å². The molecule has 8 heteroatoms. The van der Waals surface area contributed by atoms with Gasteiger partial charge in [-0.15, -0.1) is 0 Å². The quantitative estimate of drug-likeness (QED) is 0.513.